The van der Waals surface area contributed by atoms with E-state index in [-0.39, 0.29) is 6.10 Å². The molecule has 2 aromatic rings. The van der Waals surface area contributed by atoms with Gasteiger partial charge in [-0.3, -0.25) is 0 Å². The molecule has 4 nitrogen and oxygen atoms in total. The van der Waals surface area contributed by atoms with Crippen LogP contribution in [0.25, 0.3) is 11.3 Å². The first-order valence-electron chi connectivity index (χ1n) is 9.41. The number of halogens is 2. The number of fused-ring (bicyclic) bond motifs is 2. The molecule has 6 heteroatoms. The first-order chi connectivity index (χ1) is 12.6. The summed E-state index contributed by atoms with van der Waals surface area (Å²) in [5.41, 5.74) is 8.64. The van der Waals surface area contributed by atoms with Gasteiger partial charge >= 0.3 is 0 Å². The Labute approximate surface area is 163 Å². The Morgan fingerprint density at radius 3 is 2.50 bits per heavy atom. The fraction of sp³-hybridized carbons (Fsp3) is 0.550. The molecule has 0 aliphatic heterocycles. The van der Waals surface area contributed by atoms with E-state index in [9.17, 15) is 0 Å². The number of ether oxygens (including phenoxy) is 1. The monoisotopic (exact) mass is 392 g/mol. The molecule has 0 spiro atoms. The van der Waals surface area contributed by atoms with Gasteiger partial charge < -0.3 is 15.0 Å². The van der Waals surface area contributed by atoms with Crippen LogP contribution in [0.2, 0.25) is 10.0 Å². The van der Waals surface area contributed by atoms with Crippen molar-refractivity contribution in [2.75, 3.05) is 0 Å². The third kappa shape index (κ3) is 2.88. The molecule has 2 N–H and O–H groups in total. The number of nitrogens with zero attached hydrogens (tertiary/aromatic N) is 1. The predicted molar refractivity (Wildman–Crippen MR) is 101 cm³/mol. The predicted octanol–water partition coefficient (Wildman–Crippen LogP) is 5.17. The van der Waals surface area contributed by atoms with Gasteiger partial charge in [0.2, 0.25) is 0 Å². The van der Waals surface area contributed by atoms with Crippen molar-refractivity contribution in [1.82, 2.24) is 5.16 Å². The van der Waals surface area contributed by atoms with Gasteiger partial charge in [-0.1, -0.05) is 34.4 Å². The van der Waals surface area contributed by atoms with E-state index >= 15 is 0 Å². The number of aromatic nitrogens is 1. The van der Waals surface area contributed by atoms with Crippen LogP contribution in [-0.2, 0) is 11.3 Å². The lowest BCUT2D eigenvalue weighted by Gasteiger charge is -2.25. The van der Waals surface area contributed by atoms with Gasteiger partial charge in [0.15, 0.2) is 0 Å². The molecule has 3 fully saturated rings. The normalized spacial score (nSPS) is 30.3. The zero-order valence-electron chi connectivity index (χ0n) is 14.5. The van der Waals surface area contributed by atoms with Crippen LogP contribution >= 0.6 is 23.2 Å². The highest BCUT2D eigenvalue weighted by Gasteiger charge is 2.45. The van der Waals surface area contributed by atoms with Crippen LogP contribution in [0.3, 0.4) is 0 Å². The second-order valence-corrected chi connectivity index (χ2v) is 8.80. The smallest absolute Gasteiger partial charge is 0.145 e. The van der Waals surface area contributed by atoms with E-state index < -0.39 is 0 Å². The fourth-order valence-electron chi connectivity index (χ4n) is 4.71. The molecule has 138 valence electrons. The highest BCUT2D eigenvalue weighted by molar-refractivity contribution is 6.39. The second-order valence-electron chi connectivity index (χ2n) is 7.99. The van der Waals surface area contributed by atoms with Gasteiger partial charge in [0.25, 0.3) is 0 Å². The topological polar surface area (TPSA) is 61.3 Å². The summed E-state index contributed by atoms with van der Waals surface area (Å²) in [5.74, 6) is 2.60. The van der Waals surface area contributed by atoms with Crippen LogP contribution in [-0.4, -0.2) is 17.3 Å². The molecular weight excluding hydrogens is 371 g/mol. The molecule has 0 saturated heterocycles. The van der Waals surface area contributed by atoms with E-state index in [4.69, 9.17) is 38.2 Å². The Morgan fingerprint density at radius 1 is 1.12 bits per heavy atom. The zero-order chi connectivity index (χ0) is 17.8. The lowest BCUT2D eigenvalue weighted by Crippen LogP contribution is -2.33. The van der Waals surface area contributed by atoms with Crippen molar-refractivity contribution in [1.29, 1.82) is 0 Å². The number of hydrogen-bond donors (Lipinski definition) is 1. The fourth-order valence-corrected chi connectivity index (χ4v) is 5.29. The Morgan fingerprint density at radius 2 is 1.88 bits per heavy atom. The summed E-state index contributed by atoms with van der Waals surface area (Å²) >= 11 is 12.8. The quantitative estimate of drug-likeness (QED) is 0.762. The Kier molecular flexibility index (Phi) is 4.28. The Balaban J connectivity index is 1.43. The summed E-state index contributed by atoms with van der Waals surface area (Å²) < 4.78 is 12.1. The van der Waals surface area contributed by atoms with Crippen LogP contribution in [0.1, 0.15) is 49.3 Å². The highest BCUT2D eigenvalue weighted by atomic mass is 35.5. The first kappa shape index (κ1) is 17.1. The van der Waals surface area contributed by atoms with E-state index in [1.807, 2.05) is 18.2 Å². The number of nitrogens with two attached hydrogens (primary N) is 1. The molecule has 1 aromatic heterocycles. The summed E-state index contributed by atoms with van der Waals surface area (Å²) in [6.45, 7) is 0.495. The second kappa shape index (κ2) is 6.52. The van der Waals surface area contributed by atoms with Crippen LogP contribution in [0.5, 0.6) is 0 Å². The van der Waals surface area contributed by atoms with E-state index in [0.29, 0.717) is 40.4 Å². The van der Waals surface area contributed by atoms with Gasteiger partial charge in [-0.15, -0.1) is 0 Å². The maximum atomic E-state index is 6.41. The van der Waals surface area contributed by atoms with Crippen molar-refractivity contribution in [2.45, 2.75) is 56.8 Å². The molecule has 0 radical (unpaired) electrons. The Bertz CT molecular complexity index is 811. The molecule has 0 amide bonds. The molecule has 3 aliphatic carbocycles. The standard InChI is InChI=1S/C20H22Cl2N2O2/c21-14-2-1-3-15(22)18(14)19-13(20(26-24-19)10-4-5-10)9-25-17-8-11-6-12(17)7-16(11)23/h1-3,10-12,16-17H,4-9,23H2/t11?,12?,16-,17-/m0/s1. The molecule has 2 bridgehead atoms. The van der Waals surface area contributed by atoms with E-state index in [0.717, 1.165) is 48.3 Å². The zero-order valence-corrected chi connectivity index (χ0v) is 16.0. The molecule has 2 unspecified atom stereocenters. The molecule has 3 aliphatic rings. The summed E-state index contributed by atoms with van der Waals surface area (Å²) in [4.78, 5) is 0. The molecule has 3 saturated carbocycles. The molecule has 26 heavy (non-hydrogen) atoms. The summed E-state index contributed by atoms with van der Waals surface area (Å²) in [5, 5.41) is 5.50. The van der Waals surface area contributed by atoms with E-state index in [1.165, 1.54) is 6.42 Å². The summed E-state index contributed by atoms with van der Waals surface area (Å²) in [6, 6.07) is 5.85. The summed E-state index contributed by atoms with van der Waals surface area (Å²) in [6.07, 6.45) is 5.92. The number of hydrogen-bond acceptors (Lipinski definition) is 4. The lowest BCUT2D eigenvalue weighted by atomic mass is 9.93. The molecule has 1 aromatic carbocycles. The number of rotatable bonds is 5. The third-order valence-electron chi connectivity index (χ3n) is 6.25. The minimum atomic E-state index is 0.288. The SMILES string of the molecule is N[C@H]1CC2CC1C[C@@H]2OCc1c(-c2c(Cl)cccc2Cl)noc1C1CC1. The largest absolute Gasteiger partial charge is 0.373 e. The lowest BCUT2D eigenvalue weighted by molar-refractivity contribution is 0.00222. The highest BCUT2D eigenvalue weighted by Crippen LogP contribution is 2.48. The minimum absolute atomic E-state index is 0.288. The van der Waals surface area contributed by atoms with Crippen molar-refractivity contribution in [3.63, 3.8) is 0 Å². The van der Waals surface area contributed by atoms with Gasteiger partial charge in [0.1, 0.15) is 11.5 Å². The van der Waals surface area contributed by atoms with E-state index in [2.05, 4.69) is 5.16 Å². The van der Waals surface area contributed by atoms with Gasteiger partial charge in [0, 0.05) is 23.1 Å². The summed E-state index contributed by atoms with van der Waals surface area (Å²) in [7, 11) is 0. The van der Waals surface area contributed by atoms with Crippen LogP contribution in [0.15, 0.2) is 22.7 Å². The van der Waals surface area contributed by atoms with Crippen molar-refractivity contribution in [3.8, 4) is 11.3 Å². The van der Waals surface area contributed by atoms with Crippen LogP contribution in [0.4, 0.5) is 0 Å². The average Bonchev–Trinajstić information content (AvgIpc) is 3.10. The first-order valence-corrected chi connectivity index (χ1v) is 10.2. The Hall–Kier alpha value is -1.07. The number of benzene rings is 1. The van der Waals surface area contributed by atoms with Crippen LogP contribution in [0, 0.1) is 11.8 Å². The molecule has 1 heterocycles. The molecule has 5 rings (SSSR count). The van der Waals surface area contributed by atoms with E-state index in [1.54, 1.807) is 0 Å². The molecular formula is C20H22Cl2N2O2. The van der Waals surface area contributed by atoms with Gasteiger partial charge in [0.05, 0.1) is 22.8 Å². The van der Waals surface area contributed by atoms with Crippen LogP contribution < -0.4 is 5.73 Å². The van der Waals surface area contributed by atoms with Crippen molar-refractivity contribution < 1.29 is 9.26 Å². The van der Waals surface area contributed by atoms with Crippen molar-refractivity contribution in [2.24, 2.45) is 17.6 Å². The minimum Gasteiger partial charge on any atom is -0.373 e. The molecule has 4 atom stereocenters. The van der Waals surface area contributed by atoms with Gasteiger partial charge in [-0.2, -0.15) is 0 Å². The van der Waals surface area contributed by atoms with Crippen molar-refractivity contribution in [3.05, 3.63) is 39.6 Å². The van der Waals surface area contributed by atoms with Gasteiger partial charge in [-0.05, 0) is 56.1 Å². The van der Waals surface area contributed by atoms with Crippen molar-refractivity contribution >= 4 is 23.2 Å². The maximum absolute atomic E-state index is 6.41. The maximum Gasteiger partial charge on any atom is 0.145 e. The third-order valence-corrected chi connectivity index (χ3v) is 6.88. The van der Waals surface area contributed by atoms with Gasteiger partial charge in [-0.25, -0.2) is 0 Å². The average molecular weight is 393 g/mol.